The van der Waals surface area contributed by atoms with Crippen LogP contribution in [-0.4, -0.2) is 10.2 Å². The van der Waals surface area contributed by atoms with E-state index in [1.54, 1.807) is 6.92 Å². The standard InChI is InChI=1S/C9H13FN2/c1-6-7(10)5-11-12-8(6)9(2,3)4/h5H,1-4H3. The van der Waals surface area contributed by atoms with E-state index in [9.17, 15) is 4.39 Å². The summed E-state index contributed by atoms with van der Waals surface area (Å²) in [5.74, 6) is -0.282. The molecule has 1 aromatic heterocycles. The Morgan fingerprint density at radius 1 is 1.33 bits per heavy atom. The zero-order chi connectivity index (χ0) is 9.35. The monoisotopic (exact) mass is 168 g/mol. The molecule has 1 rings (SSSR count). The highest BCUT2D eigenvalue weighted by molar-refractivity contribution is 5.23. The first-order valence-corrected chi connectivity index (χ1v) is 3.91. The molecule has 0 aliphatic heterocycles. The number of hydrogen-bond donors (Lipinski definition) is 0. The van der Waals surface area contributed by atoms with E-state index in [1.165, 1.54) is 0 Å². The molecule has 0 amide bonds. The lowest BCUT2D eigenvalue weighted by atomic mass is 9.89. The molecular weight excluding hydrogens is 155 g/mol. The van der Waals surface area contributed by atoms with Crippen LogP contribution < -0.4 is 0 Å². The van der Waals surface area contributed by atoms with Crippen LogP contribution in [0.1, 0.15) is 32.0 Å². The molecule has 0 saturated heterocycles. The van der Waals surface area contributed by atoms with E-state index in [1.807, 2.05) is 20.8 Å². The van der Waals surface area contributed by atoms with Crippen molar-refractivity contribution in [2.75, 3.05) is 0 Å². The molecule has 0 atom stereocenters. The Morgan fingerprint density at radius 3 is 2.33 bits per heavy atom. The number of rotatable bonds is 0. The zero-order valence-electron chi connectivity index (χ0n) is 7.85. The summed E-state index contributed by atoms with van der Waals surface area (Å²) in [6.45, 7) is 7.70. The maximum absolute atomic E-state index is 13.0. The van der Waals surface area contributed by atoms with Crippen LogP contribution in [0.25, 0.3) is 0 Å². The van der Waals surface area contributed by atoms with Gasteiger partial charge in [0.2, 0.25) is 0 Å². The predicted octanol–water partition coefficient (Wildman–Crippen LogP) is 2.22. The van der Waals surface area contributed by atoms with Gasteiger partial charge in [0.1, 0.15) is 5.82 Å². The van der Waals surface area contributed by atoms with Gasteiger partial charge in [0.05, 0.1) is 11.9 Å². The van der Waals surface area contributed by atoms with Crippen LogP contribution in [0.2, 0.25) is 0 Å². The van der Waals surface area contributed by atoms with E-state index < -0.39 is 0 Å². The SMILES string of the molecule is Cc1c(F)cnnc1C(C)(C)C. The number of hydrogen-bond acceptors (Lipinski definition) is 2. The molecule has 0 aliphatic carbocycles. The highest BCUT2D eigenvalue weighted by Gasteiger charge is 2.20. The van der Waals surface area contributed by atoms with Gasteiger partial charge in [0.15, 0.2) is 0 Å². The minimum atomic E-state index is -0.282. The molecule has 1 aromatic rings. The first kappa shape index (κ1) is 9.10. The molecule has 0 unspecified atom stereocenters. The van der Waals surface area contributed by atoms with Gasteiger partial charge in [-0.2, -0.15) is 10.2 Å². The topological polar surface area (TPSA) is 25.8 Å². The van der Waals surface area contributed by atoms with Gasteiger partial charge in [-0.1, -0.05) is 20.8 Å². The van der Waals surface area contributed by atoms with Crippen molar-refractivity contribution in [2.45, 2.75) is 33.1 Å². The lowest BCUT2D eigenvalue weighted by Gasteiger charge is -2.18. The predicted molar refractivity (Wildman–Crippen MR) is 45.4 cm³/mol. The Labute approximate surface area is 71.8 Å². The summed E-state index contributed by atoms with van der Waals surface area (Å²) in [5.41, 5.74) is 1.18. The molecule has 2 nitrogen and oxygen atoms in total. The Hall–Kier alpha value is -0.990. The van der Waals surface area contributed by atoms with Crippen molar-refractivity contribution in [3.8, 4) is 0 Å². The number of aromatic nitrogens is 2. The van der Waals surface area contributed by atoms with Crippen molar-refractivity contribution in [1.82, 2.24) is 10.2 Å². The average Bonchev–Trinajstić information content (AvgIpc) is 1.92. The number of halogens is 1. The lowest BCUT2D eigenvalue weighted by molar-refractivity contribution is 0.527. The van der Waals surface area contributed by atoms with E-state index in [-0.39, 0.29) is 11.2 Å². The third-order valence-corrected chi connectivity index (χ3v) is 1.75. The van der Waals surface area contributed by atoms with Gasteiger partial charge < -0.3 is 0 Å². The van der Waals surface area contributed by atoms with Gasteiger partial charge in [0.25, 0.3) is 0 Å². The smallest absolute Gasteiger partial charge is 0.148 e. The van der Waals surface area contributed by atoms with Crippen molar-refractivity contribution in [3.63, 3.8) is 0 Å². The Bertz CT molecular complexity index is 289. The van der Waals surface area contributed by atoms with Crippen LogP contribution >= 0.6 is 0 Å². The fourth-order valence-corrected chi connectivity index (χ4v) is 1.13. The molecule has 0 saturated carbocycles. The van der Waals surface area contributed by atoms with Gasteiger partial charge in [-0.25, -0.2) is 4.39 Å². The van der Waals surface area contributed by atoms with Crippen LogP contribution in [-0.2, 0) is 5.41 Å². The molecular formula is C9H13FN2. The minimum Gasteiger partial charge on any atom is -0.205 e. The molecule has 12 heavy (non-hydrogen) atoms. The summed E-state index contributed by atoms with van der Waals surface area (Å²) in [6, 6.07) is 0. The Kier molecular flexibility index (Phi) is 2.13. The molecule has 66 valence electrons. The fourth-order valence-electron chi connectivity index (χ4n) is 1.13. The largest absolute Gasteiger partial charge is 0.205 e. The second-order valence-corrected chi connectivity index (χ2v) is 3.92. The van der Waals surface area contributed by atoms with Crippen LogP contribution in [0.5, 0.6) is 0 Å². The number of nitrogens with zero attached hydrogens (tertiary/aromatic N) is 2. The summed E-state index contributed by atoms with van der Waals surface area (Å²) in [6.07, 6.45) is 1.14. The maximum atomic E-state index is 13.0. The van der Waals surface area contributed by atoms with Crippen molar-refractivity contribution in [1.29, 1.82) is 0 Å². The molecule has 0 N–H and O–H groups in total. The van der Waals surface area contributed by atoms with Gasteiger partial charge in [-0.05, 0) is 6.92 Å². The van der Waals surface area contributed by atoms with Crippen molar-refractivity contribution in [3.05, 3.63) is 23.3 Å². The normalized spacial score (nSPS) is 11.8. The van der Waals surface area contributed by atoms with Crippen molar-refractivity contribution < 1.29 is 4.39 Å². The van der Waals surface area contributed by atoms with Gasteiger partial charge >= 0.3 is 0 Å². The quantitative estimate of drug-likeness (QED) is 0.593. The minimum absolute atomic E-state index is 0.140. The summed E-state index contributed by atoms with van der Waals surface area (Å²) in [5, 5.41) is 7.51. The van der Waals surface area contributed by atoms with Crippen molar-refractivity contribution >= 4 is 0 Å². The van der Waals surface area contributed by atoms with Gasteiger partial charge in [-0.3, -0.25) is 0 Å². The van der Waals surface area contributed by atoms with E-state index >= 15 is 0 Å². The molecule has 0 spiro atoms. The second kappa shape index (κ2) is 2.81. The van der Waals surface area contributed by atoms with Gasteiger partial charge in [0, 0.05) is 11.0 Å². The zero-order valence-corrected chi connectivity index (χ0v) is 7.85. The van der Waals surface area contributed by atoms with Crippen LogP contribution in [0.4, 0.5) is 4.39 Å². The Balaban J connectivity index is 3.26. The van der Waals surface area contributed by atoms with Crippen LogP contribution in [0.3, 0.4) is 0 Å². The van der Waals surface area contributed by atoms with Crippen molar-refractivity contribution in [2.24, 2.45) is 0 Å². The van der Waals surface area contributed by atoms with E-state index in [0.29, 0.717) is 5.56 Å². The molecule has 0 aliphatic rings. The molecule has 0 radical (unpaired) electrons. The molecule has 1 heterocycles. The third kappa shape index (κ3) is 1.60. The average molecular weight is 168 g/mol. The summed E-state index contributed by atoms with van der Waals surface area (Å²) < 4.78 is 13.0. The first-order valence-electron chi connectivity index (χ1n) is 3.91. The van der Waals surface area contributed by atoms with E-state index in [4.69, 9.17) is 0 Å². The first-order chi connectivity index (χ1) is 5.43. The van der Waals surface area contributed by atoms with Crippen LogP contribution in [0.15, 0.2) is 6.20 Å². The fraction of sp³-hybridized carbons (Fsp3) is 0.556. The third-order valence-electron chi connectivity index (χ3n) is 1.75. The van der Waals surface area contributed by atoms with Gasteiger partial charge in [-0.15, -0.1) is 0 Å². The summed E-state index contributed by atoms with van der Waals surface area (Å²) in [4.78, 5) is 0. The highest BCUT2D eigenvalue weighted by Crippen LogP contribution is 2.23. The molecule has 0 aromatic carbocycles. The van der Waals surface area contributed by atoms with Crippen LogP contribution in [0, 0.1) is 12.7 Å². The highest BCUT2D eigenvalue weighted by atomic mass is 19.1. The second-order valence-electron chi connectivity index (χ2n) is 3.92. The van der Waals surface area contributed by atoms with E-state index in [2.05, 4.69) is 10.2 Å². The molecule has 3 heteroatoms. The molecule has 0 fully saturated rings. The summed E-state index contributed by atoms with van der Waals surface area (Å²) >= 11 is 0. The maximum Gasteiger partial charge on any atom is 0.148 e. The summed E-state index contributed by atoms with van der Waals surface area (Å²) in [7, 11) is 0. The lowest BCUT2D eigenvalue weighted by Crippen LogP contribution is -2.17. The molecule has 0 bridgehead atoms. The van der Waals surface area contributed by atoms with E-state index in [0.717, 1.165) is 11.9 Å². The Morgan fingerprint density at radius 2 is 1.92 bits per heavy atom.